The Labute approximate surface area is 203 Å². The third-order valence-electron chi connectivity index (χ3n) is 6.07. The van der Waals surface area contributed by atoms with Crippen LogP contribution in [0.2, 0.25) is 0 Å². The maximum atomic E-state index is 12.5. The maximum absolute atomic E-state index is 12.5. The smallest absolute Gasteiger partial charge is 0.326 e. The molecule has 0 bridgehead atoms. The van der Waals surface area contributed by atoms with E-state index in [9.17, 15) is 19.2 Å². The van der Waals surface area contributed by atoms with E-state index in [-0.39, 0.29) is 18.2 Å². The van der Waals surface area contributed by atoms with Gasteiger partial charge in [0.2, 0.25) is 11.8 Å². The molecule has 0 saturated heterocycles. The van der Waals surface area contributed by atoms with Crippen LogP contribution in [-0.4, -0.2) is 35.5 Å². The fourth-order valence-corrected chi connectivity index (χ4v) is 4.90. The zero-order valence-corrected chi connectivity index (χ0v) is 20.0. The second-order valence-corrected chi connectivity index (χ2v) is 9.28. The number of carbonyl (C=O) groups excluding carboxylic acids is 2. The van der Waals surface area contributed by atoms with E-state index in [4.69, 9.17) is 0 Å². The zero-order valence-electron chi connectivity index (χ0n) is 19.2. The molecule has 1 aliphatic rings. The van der Waals surface area contributed by atoms with Crippen molar-refractivity contribution in [1.29, 1.82) is 0 Å². The molecule has 4 heterocycles. The van der Waals surface area contributed by atoms with Gasteiger partial charge in [0.15, 0.2) is 16.3 Å². The van der Waals surface area contributed by atoms with Gasteiger partial charge >= 0.3 is 5.69 Å². The Bertz CT molecular complexity index is 1590. The summed E-state index contributed by atoms with van der Waals surface area (Å²) in [5, 5.41) is 8.09. The molecular weight excluding hydrogens is 470 g/mol. The summed E-state index contributed by atoms with van der Waals surface area (Å²) in [5.74, 6) is -0.151. The van der Waals surface area contributed by atoms with Crippen LogP contribution in [0.25, 0.3) is 22.4 Å². The number of fused-ring (bicyclic) bond motifs is 2. The average Bonchev–Trinajstić information content (AvgIpc) is 3.48. The highest BCUT2D eigenvalue weighted by Gasteiger charge is 2.17. The van der Waals surface area contributed by atoms with E-state index >= 15 is 0 Å². The molecule has 0 atom stereocenters. The van der Waals surface area contributed by atoms with Crippen molar-refractivity contribution in [1.82, 2.24) is 23.7 Å². The fourth-order valence-electron chi connectivity index (χ4n) is 4.16. The zero-order chi connectivity index (χ0) is 24.7. The number of amides is 2. The molecule has 3 aromatic heterocycles. The number of carbonyl (C=O) groups is 2. The highest BCUT2D eigenvalue weighted by atomic mass is 32.1. The Balaban J connectivity index is 1.21. The molecule has 35 heavy (non-hydrogen) atoms. The molecular formula is C23H23N7O4S. The standard InChI is InChI=1S/C23H23N7O4S/c1-28-20-19(21(33)29(2)23(28)34)30(12-24-20)9-3-4-17(31)27-22-26-16(11-35-22)14-5-7-15-13(10-14)6-8-18(32)25-15/h5,7,10-12H,3-4,6,8-9H2,1-2H3,(H,25,32)(H,26,27,31). The first kappa shape index (κ1) is 22.7. The largest absolute Gasteiger partial charge is 0.332 e. The third kappa shape index (κ3) is 4.28. The molecule has 180 valence electrons. The first-order valence-electron chi connectivity index (χ1n) is 11.1. The number of aromatic nitrogens is 5. The van der Waals surface area contributed by atoms with Crippen molar-refractivity contribution in [2.45, 2.75) is 32.2 Å². The molecule has 0 spiro atoms. The van der Waals surface area contributed by atoms with Crippen LogP contribution in [0.5, 0.6) is 0 Å². The lowest BCUT2D eigenvalue weighted by Gasteiger charge is -2.17. The highest BCUT2D eigenvalue weighted by Crippen LogP contribution is 2.30. The van der Waals surface area contributed by atoms with E-state index in [1.54, 1.807) is 11.6 Å². The molecule has 0 aliphatic carbocycles. The molecule has 12 heteroatoms. The Morgan fingerprint density at radius 3 is 2.83 bits per heavy atom. The van der Waals surface area contributed by atoms with E-state index in [0.29, 0.717) is 42.1 Å². The van der Waals surface area contributed by atoms with Crippen molar-refractivity contribution < 1.29 is 9.59 Å². The summed E-state index contributed by atoms with van der Waals surface area (Å²) in [6.07, 6.45) is 3.39. The summed E-state index contributed by atoms with van der Waals surface area (Å²) < 4.78 is 4.05. The number of hydrogen-bond donors (Lipinski definition) is 2. The predicted octanol–water partition coefficient (Wildman–Crippen LogP) is 1.86. The molecule has 0 saturated carbocycles. The van der Waals surface area contributed by atoms with Crippen LogP contribution in [0.15, 0.2) is 39.5 Å². The summed E-state index contributed by atoms with van der Waals surface area (Å²) in [6.45, 7) is 0.409. The Morgan fingerprint density at radius 2 is 2.00 bits per heavy atom. The average molecular weight is 494 g/mol. The lowest BCUT2D eigenvalue weighted by molar-refractivity contribution is -0.117. The molecule has 11 nitrogen and oxygen atoms in total. The van der Waals surface area contributed by atoms with E-state index in [2.05, 4.69) is 20.6 Å². The lowest BCUT2D eigenvalue weighted by atomic mass is 9.99. The number of thiazole rings is 1. The molecule has 0 radical (unpaired) electrons. The van der Waals surface area contributed by atoms with Crippen LogP contribution in [0.4, 0.5) is 10.8 Å². The van der Waals surface area contributed by atoms with Crippen molar-refractivity contribution in [2.75, 3.05) is 10.6 Å². The van der Waals surface area contributed by atoms with Gasteiger partial charge in [-0.2, -0.15) is 0 Å². The summed E-state index contributed by atoms with van der Waals surface area (Å²) in [4.78, 5) is 57.3. The summed E-state index contributed by atoms with van der Waals surface area (Å²) in [6, 6.07) is 5.80. The van der Waals surface area contributed by atoms with E-state index in [1.165, 1.54) is 29.3 Å². The molecule has 4 aromatic rings. The molecule has 0 fully saturated rings. The van der Waals surface area contributed by atoms with Gasteiger partial charge in [-0.3, -0.25) is 23.5 Å². The van der Waals surface area contributed by atoms with Crippen LogP contribution in [-0.2, 0) is 36.6 Å². The van der Waals surface area contributed by atoms with Crippen molar-refractivity contribution >= 4 is 45.1 Å². The lowest BCUT2D eigenvalue weighted by Crippen LogP contribution is -2.37. The monoisotopic (exact) mass is 493 g/mol. The minimum Gasteiger partial charge on any atom is -0.326 e. The number of anilines is 2. The van der Waals surface area contributed by atoms with Gasteiger partial charge in [0.1, 0.15) is 0 Å². The van der Waals surface area contributed by atoms with Crippen molar-refractivity contribution in [2.24, 2.45) is 14.1 Å². The summed E-state index contributed by atoms with van der Waals surface area (Å²) in [5.41, 5.74) is 3.41. The number of hydrogen-bond acceptors (Lipinski definition) is 7. The van der Waals surface area contributed by atoms with E-state index in [1.807, 2.05) is 23.6 Å². The quantitative estimate of drug-likeness (QED) is 0.421. The number of benzene rings is 1. The van der Waals surface area contributed by atoms with E-state index < -0.39 is 11.2 Å². The summed E-state index contributed by atoms with van der Waals surface area (Å²) >= 11 is 1.35. The van der Waals surface area contributed by atoms with Crippen LogP contribution < -0.4 is 21.9 Å². The van der Waals surface area contributed by atoms with Crippen LogP contribution in [0, 0.1) is 0 Å². The van der Waals surface area contributed by atoms with Gasteiger partial charge in [-0.25, -0.2) is 14.8 Å². The van der Waals surface area contributed by atoms with Gasteiger partial charge in [0, 0.05) is 50.1 Å². The van der Waals surface area contributed by atoms with Crippen molar-refractivity contribution in [3.63, 3.8) is 0 Å². The molecule has 1 aliphatic heterocycles. The van der Waals surface area contributed by atoms with Crippen molar-refractivity contribution in [3.05, 3.63) is 56.3 Å². The molecule has 1 aromatic carbocycles. The van der Waals surface area contributed by atoms with Gasteiger partial charge < -0.3 is 15.2 Å². The van der Waals surface area contributed by atoms with Crippen LogP contribution >= 0.6 is 11.3 Å². The number of rotatable bonds is 6. The molecule has 2 N–H and O–H groups in total. The van der Waals surface area contributed by atoms with Crippen molar-refractivity contribution in [3.8, 4) is 11.3 Å². The van der Waals surface area contributed by atoms with E-state index in [0.717, 1.165) is 27.1 Å². The molecule has 2 amide bonds. The number of aryl methyl sites for hydroxylation is 3. The highest BCUT2D eigenvalue weighted by molar-refractivity contribution is 7.14. The minimum absolute atomic E-state index is 0.0261. The molecule has 0 unspecified atom stereocenters. The topological polar surface area (TPSA) is 133 Å². The second kappa shape index (κ2) is 8.95. The fraction of sp³-hybridized carbons (Fsp3) is 0.304. The second-order valence-electron chi connectivity index (χ2n) is 8.43. The minimum atomic E-state index is -0.433. The van der Waals surface area contributed by atoms with Crippen LogP contribution in [0.1, 0.15) is 24.8 Å². The van der Waals surface area contributed by atoms with Gasteiger partial charge in [-0.05, 0) is 30.5 Å². The Morgan fingerprint density at radius 1 is 1.17 bits per heavy atom. The Kier molecular flexibility index (Phi) is 5.81. The van der Waals surface area contributed by atoms with Gasteiger partial charge in [-0.1, -0.05) is 6.07 Å². The Hall–Kier alpha value is -4.06. The maximum Gasteiger partial charge on any atom is 0.332 e. The van der Waals surface area contributed by atoms with Crippen LogP contribution in [0.3, 0.4) is 0 Å². The first-order chi connectivity index (χ1) is 16.8. The normalized spacial score (nSPS) is 13.0. The molecule has 5 rings (SSSR count). The van der Waals surface area contributed by atoms with Gasteiger partial charge in [-0.15, -0.1) is 11.3 Å². The SMILES string of the molecule is Cn1c(=O)c2c(ncn2CCCC(=O)Nc2nc(-c3ccc4c(c3)CCC(=O)N4)cs2)n(C)c1=O. The van der Waals surface area contributed by atoms with Gasteiger partial charge in [0.25, 0.3) is 5.56 Å². The number of nitrogens with zero attached hydrogens (tertiary/aromatic N) is 5. The first-order valence-corrected chi connectivity index (χ1v) is 12.0. The summed E-state index contributed by atoms with van der Waals surface area (Å²) in [7, 11) is 3.00. The number of imidazole rings is 1. The third-order valence-corrected chi connectivity index (χ3v) is 6.82. The van der Waals surface area contributed by atoms with Gasteiger partial charge in [0.05, 0.1) is 12.0 Å². The predicted molar refractivity (Wildman–Crippen MR) is 133 cm³/mol. The number of nitrogens with one attached hydrogen (secondary N) is 2.